The molecule has 0 aliphatic rings. The lowest BCUT2D eigenvalue weighted by molar-refractivity contribution is 0.102. The van der Waals surface area contributed by atoms with E-state index in [2.05, 4.69) is 5.32 Å². The Morgan fingerprint density at radius 1 is 1.10 bits per heavy atom. The Labute approximate surface area is 117 Å². The molecule has 4 heteroatoms. The second-order valence-electron chi connectivity index (χ2n) is 4.60. The molecule has 0 aromatic heterocycles. The van der Waals surface area contributed by atoms with Crippen LogP contribution < -0.4 is 10.1 Å². The normalized spacial score (nSPS) is 10.2. The van der Waals surface area contributed by atoms with Gasteiger partial charge in [0, 0.05) is 11.3 Å². The molecule has 0 saturated heterocycles. The Morgan fingerprint density at radius 2 is 1.85 bits per heavy atom. The van der Waals surface area contributed by atoms with Crippen LogP contribution in [0.1, 0.15) is 21.5 Å². The molecule has 0 bridgehead atoms. The number of hydrogen-bond donors (Lipinski definition) is 1. The first-order chi connectivity index (χ1) is 9.51. The third-order valence-corrected chi connectivity index (χ3v) is 3.07. The maximum absolute atomic E-state index is 13.2. The molecule has 104 valence electrons. The predicted octanol–water partition coefficient (Wildman–Crippen LogP) is 3.70. The van der Waals surface area contributed by atoms with Gasteiger partial charge in [-0.05, 0) is 61.4 Å². The van der Waals surface area contributed by atoms with Gasteiger partial charge in [-0.3, -0.25) is 4.79 Å². The molecule has 0 aliphatic carbocycles. The molecule has 3 nitrogen and oxygen atoms in total. The molecule has 2 aromatic rings. The third kappa shape index (κ3) is 2.96. The zero-order chi connectivity index (χ0) is 14.7. The molecule has 2 aromatic carbocycles. The fraction of sp³-hybridized carbons (Fsp3) is 0.188. The molecule has 0 unspecified atom stereocenters. The van der Waals surface area contributed by atoms with Crippen LogP contribution in [0.25, 0.3) is 0 Å². The van der Waals surface area contributed by atoms with Crippen molar-refractivity contribution < 1.29 is 13.9 Å². The van der Waals surface area contributed by atoms with Crippen LogP contribution in [0.2, 0.25) is 0 Å². The van der Waals surface area contributed by atoms with Gasteiger partial charge in [0.2, 0.25) is 0 Å². The predicted molar refractivity (Wildman–Crippen MR) is 76.8 cm³/mol. The van der Waals surface area contributed by atoms with Crippen molar-refractivity contribution in [2.24, 2.45) is 0 Å². The van der Waals surface area contributed by atoms with Gasteiger partial charge in [0.25, 0.3) is 5.91 Å². The maximum Gasteiger partial charge on any atom is 0.255 e. The largest absolute Gasteiger partial charge is 0.496 e. The number of methoxy groups -OCH3 is 1. The lowest BCUT2D eigenvalue weighted by Crippen LogP contribution is -2.12. The van der Waals surface area contributed by atoms with Crippen LogP contribution in [0.4, 0.5) is 10.1 Å². The summed E-state index contributed by atoms with van der Waals surface area (Å²) in [5.74, 6) is 0.181. The molecule has 0 fully saturated rings. The molecule has 0 aliphatic heterocycles. The van der Waals surface area contributed by atoms with Crippen LogP contribution in [-0.2, 0) is 0 Å². The van der Waals surface area contributed by atoms with Crippen LogP contribution in [0, 0.1) is 19.7 Å². The molecule has 0 radical (unpaired) electrons. The van der Waals surface area contributed by atoms with E-state index < -0.39 is 0 Å². The topological polar surface area (TPSA) is 38.3 Å². The minimum Gasteiger partial charge on any atom is -0.496 e. The summed E-state index contributed by atoms with van der Waals surface area (Å²) in [6.07, 6.45) is 0. The zero-order valence-corrected chi connectivity index (χ0v) is 11.7. The van der Waals surface area contributed by atoms with Crippen molar-refractivity contribution >= 4 is 11.6 Å². The highest BCUT2D eigenvalue weighted by Gasteiger charge is 2.09. The highest BCUT2D eigenvalue weighted by Crippen LogP contribution is 2.22. The Kier molecular flexibility index (Phi) is 4.03. The van der Waals surface area contributed by atoms with Crippen LogP contribution in [0.15, 0.2) is 36.4 Å². The first kappa shape index (κ1) is 14.1. The molecule has 1 N–H and O–H groups in total. The summed E-state index contributed by atoms with van der Waals surface area (Å²) in [6, 6.07) is 9.67. The van der Waals surface area contributed by atoms with Crippen LogP contribution in [0.3, 0.4) is 0 Å². The van der Waals surface area contributed by atoms with Crippen molar-refractivity contribution in [1.29, 1.82) is 0 Å². The maximum atomic E-state index is 13.2. The fourth-order valence-electron chi connectivity index (χ4n) is 1.95. The van der Waals surface area contributed by atoms with Gasteiger partial charge in [-0.25, -0.2) is 4.39 Å². The zero-order valence-electron chi connectivity index (χ0n) is 11.7. The average molecular weight is 273 g/mol. The number of anilines is 1. The molecule has 20 heavy (non-hydrogen) atoms. The van der Waals surface area contributed by atoms with Crippen molar-refractivity contribution in [3.05, 3.63) is 58.9 Å². The molecule has 0 saturated carbocycles. The first-order valence-electron chi connectivity index (χ1n) is 6.23. The lowest BCUT2D eigenvalue weighted by atomic mass is 10.1. The summed E-state index contributed by atoms with van der Waals surface area (Å²) >= 11 is 0. The van der Waals surface area contributed by atoms with Crippen molar-refractivity contribution in [1.82, 2.24) is 0 Å². The number of aryl methyl sites for hydroxylation is 2. The standard InChI is InChI=1S/C16H16FNO2/c1-10-8-12(4-6-14(10)17)16(19)18-13-5-7-15(20-3)11(2)9-13/h4-9H,1-3H3,(H,18,19). The molecular weight excluding hydrogens is 257 g/mol. The van der Waals surface area contributed by atoms with Gasteiger partial charge in [-0.2, -0.15) is 0 Å². The summed E-state index contributed by atoms with van der Waals surface area (Å²) in [5.41, 5.74) is 2.48. The summed E-state index contributed by atoms with van der Waals surface area (Å²) in [5, 5.41) is 2.78. The van der Waals surface area contributed by atoms with Crippen molar-refractivity contribution in [3.63, 3.8) is 0 Å². The van der Waals surface area contributed by atoms with Crippen LogP contribution >= 0.6 is 0 Å². The molecule has 2 rings (SSSR count). The Bertz CT molecular complexity index is 653. The second-order valence-corrected chi connectivity index (χ2v) is 4.60. The summed E-state index contributed by atoms with van der Waals surface area (Å²) in [4.78, 5) is 12.1. The molecule has 0 atom stereocenters. The number of hydrogen-bond acceptors (Lipinski definition) is 2. The average Bonchev–Trinajstić information content (AvgIpc) is 2.42. The summed E-state index contributed by atoms with van der Waals surface area (Å²) < 4.78 is 18.3. The van der Waals surface area contributed by atoms with Gasteiger partial charge in [0.1, 0.15) is 11.6 Å². The lowest BCUT2D eigenvalue weighted by Gasteiger charge is -2.09. The van der Waals surface area contributed by atoms with E-state index in [1.54, 1.807) is 26.2 Å². The monoisotopic (exact) mass is 273 g/mol. The summed E-state index contributed by atoms with van der Waals surface area (Å²) in [6.45, 7) is 3.53. The van der Waals surface area contributed by atoms with Crippen LogP contribution in [0.5, 0.6) is 5.75 Å². The Hall–Kier alpha value is -2.36. The second kappa shape index (κ2) is 5.74. The SMILES string of the molecule is COc1ccc(NC(=O)c2ccc(F)c(C)c2)cc1C. The smallest absolute Gasteiger partial charge is 0.255 e. The van der Waals surface area contributed by atoms with Gasteiger partial charge in [0.05, 0.1) is 7.11 Å². The number of nitrogens with one attached hydrogen (secondary N) is 1. The number of halogens is 1. The van der Waals surface area contributed by atoms with Gasteiger partial charge >= 0.3 is 0 Å². The highest BCUT2D eigenvalue weighted by molar-refractivity contribution is 6.04. The number of ether oxygens (including phenoxy) is 1. The van der Waals surface area contributed by atoms with E-state index in [4.69, 9.17) is 4.74 Å². The van der Waals surface area contributed by atoms with Crippen molar-refractivity contribution in [2.75, 3.05) is 12.4 Å². The van der Waals surface area contributed by atoms with E-state index in [1.165, 1.54) is 18.2 Å². The van der Waals surface area contributed by atoms with E-state index >= 15 is 0 Å². The van der Waals surface area contributed by atoms with E-state index in [1.807, 2.05) is 13.0 Å². The molecular formula is C16H16FNO2. The summed E-state index contributed by atoms with van der Waals surface area (Å²) in [7, 11) is 1.60. The van der Waals surface area contributed by atoms with E-state index in [0.717, 1.165) is 11.3 Å². The van der Waals surface area contributed by atoms with E-state index in [0.29, 0.717) is 16.8 Å². The van der Waals surface area contributed by atoms with Crippen molar-refractivity contribution in [3.8, 4) is 5.75 Å². The van der Waals surface area contributed by atoms with E-state index in [-0.39, 0.29) is 11.7 Å². The van der Waals surface area contributed by atoms with Gasteiger partial charge in [-0.1, -0.05) is 0 Å². The van der Waals surface area contributed by atoms with Gasteiger partial charge in [-0.15, -0.1) is 0 Å². The van der Waals surface area contributed by atoms with E-state index in [9.17, 15) is 9.18 Å². The van der Waals surface area contributed by atoms with Gasteiger partial charge in [0.15, 0.2) is 0 Å². The van der Waals surface area contributed by atoms with Crippen molar-refractivity contribution in [2.45, 2.75) is 13.8 Å². The number of rotatable bonds is 3. The number of carbonyl (C=O) groups is 1. The quantitative estimate of drug-likeness (QED) is 0.926. The minimum atomic E-state index is -0.318. The Balaban J connectivity index is 2.19. The Morgan fingerprint density at radius 3 is 2.45 bits per heavy atom. The highest BCUT2D eigenvalue weighted by atomic mass is 19.1. The number of carbonyl (C=O) groups excluding carboxylic acids is 1. The molecule has 1 amide bonds. The number of amides is 1. The first-order valence-corrected chi connectivity index (χ1v) is 6.23. The van der Waals surface area contributed by atoms with Crippen LogP contribution in [-0.4, -0.2) is 13.0 Å². The van der Waals surface area contributed by atoms with Gasteiger partial charge < -0.3 is 10.1 Å². The molecule has 0 heterocycles. The fourth-order valence-corrected chi connectivity index (χ4v) is 1.95. The minimum absolute atomic E-state index is 0.266. The third-order valence-electron chi connectivity index (χ3n) is 3.07. The number of benzene rings is 2. The molecule has 0 spiro atoms.